The lowest BCUT2D eigenvalue weighted by atomic mass is 10.1. The molecule has 0 amide bonds. The van der Waals surface area contributed by atoms with Gasteiger partial charge in [0, 0.05) is 23.6 Å². The normalized spacial score (nSPS) is 11.0. The van der Waals surface area contributed by atoms with Crippen LogP contribution < -0.4 is 10.3 Å². The van der Waals surface area contributed by atoms with Gasteiger partial charge in [0.1, 0.15) is 5.75 Å². The highest BCUT2D eigenvalue weighted by atomic mass is 35.5. The van der Waals surface area contributed by atoms with Gasteiger partial charge < -0.3 is 4.74 Å². The van der Waals surface area contributed by atoms with Crippen LogP contribution in [0, 0.1) is 0 Å². The number of nitrogens with zero attached hydrogens (tertiary/aromatic N) is 4. The van der Waals surface area contributed by atoms with Crippen LogP contribution in [0.4, 0.5) is 0 Å². The van der Waals surface area contributed by atoms with E-state index in [9.17, 15) is 9.59 Å². The molecule has 7 nitrogen and oxygen atoms in total. The molecule has 0 unspecified atom stereocenters. The highest BCUT2D eigenvalue weighted by Crippen LogP contribution is 2.21. The molecular weight excluding hydrogens is 424 g/mol. The third-order valence-corrected chi connectivity index (χ3v) is 5.64. The van der Waals surface area contributed by atoms with E-state index >= 15 is 0 Å². The van der Waals surface area contributed by atoms with Gasteiger partial charge in [-0.05, 0) is 43.3 Å². The van der Waals surface area contributed by atoms with E-state index in [1.54, 1.807) is 65.3 Å². The third-order valence-electron chi connectivity index (χ3n) is 4.37. The lowest BCUT2D eigenvalue weighted by molar-refractivity contribution is 0.102. The van der Waals surface area contributed by atoms with Gasteiger partial charge in [0.25, 0.3) is 0 Å². The average molecular weight is 441 g/mol. The van der Waals surface area contributed by atoms with Crippen molar-refractivity contribution in [3.8, 4) is 11.4 Å². The topological polar surface area (TPSA) is 78.5 Å². The zero-order valence-electron chi connectivity index (χ0n) is 16.0. The highest BCUT2D eigenvalue weighted by molar-refractivity contribution is 7.99. The number of ketones is 1. The largest absolute Gasteiger partial charge is 0.494 e. The molecule has 0 atom stereocenters. The van der Waals surface area contributed by atoms with E-state index in [1.807, 2.05) is 6.92 Å². The summed E-state index contributed by atoms with van der Waals surface area (Å²) in [6, 6.07) is 14.1. The molecule has 0 fully saturated rings. The van der Waals surface area contributed by atoms with Crippen molar-refractivity contribution in [2.45, 2.75) is 12.1 Å². The second-order valence-corrected chi connectivity index (χ2v) is 7.62. The van der Waals surface area contributed by atoms with Gasteiger partial charge in [0.05, 0.1) is 17.4 Å². The molecule has 2 aromatic heterocycles. The minimum absolute atomic E-state index is 0.120. The molecule has 9 heteroatoms. The van der Waals surface area contributed by atoms with Crippen molar-refractivity contribution in [1.82, 2.24) is 19.2 Å². The van der Waals surface area contributed by atoms with Crippen molar-refractivity contribution in [1.29, 1.82) is 0 Å². The van der Waals surface area contributed by atoms with Crippen LogP contribution in [0.1, 0.15) is 17.3 Å². The van der Waals surface area contributed by atoms with Crippen LogP contribution in [-0.2, 0) is 0 Å². The number of carbonyl (C=O) groups is 1. The van der Waals surface area contributed by atoms with Crippen LogP contribution in [0.3, 0.4) is 0 Å². The first kappa shape index (κ1) is 20.2. The average Bonchev–Trinajstić information content (AvgIpc) is 3.17. The lowest BCUT2D eigenvalue weighted by Gasteiger charge is -2.08. The second kappa shape index (κ2) is 8.73. The lowest BCUT2D eigenvalue weighted by Crippen LogP contribution is -2.20. The number of rotatable bonds is 7. The van der Waals surface area contributed by atoms with Crippen LogP contribution in [-0.4, -0.2) is 37.3 Å². The standard InChI is InChI=1S/C21H17ClN4O3S/c1-2-29-15-9-7-14(8-10-15)25-11-12-26-19(20(25)28)23-24-21(26)30-13-18(27)16-5-3-4-6-17(16)22/h3-12H,2,13H2,1H3. The number of hydrogen-bond acceptors (Lipinski definition) is 6. The summed E-state index contributed by atoms with van der Waals surface area (Å²) < 4.78 is 8.50. The molecule has 0 spiro atoms. The minimum Gasteiger partial charge on any atom is -0.494 e. The Kier molecular flexibility index (Phi) is 5.87. The van der Waals surface area contributed by atoms with E-state index in [0.717, 1.165) is 5.75 Å². The number of fused-ring (bicyclic) bond motifs is 1. The Balaban J connectivity index is 1.57. The fourth-order valence-electron chi connectivity index (χ4n) is 2.93. The molecule has 0 saturated heterocycles. The Bertz CT molecular complexity index is 1270. The molecule has 0 bridgehead atoms. The SMILES string of the molecule is CCOc1ccc(-n2ccn3c(SCC(=O)c4ccccc4Cl)nnc3c2=O)cc1. The molecule has 30 heavy (non-hydrogen) atoms. The number of carbonyl (C=O) groups excluding carboxylic acids is 1. The number of benzene rings is 2. The first-order valence-electron chi connectivity index (χ1n) is 9.18. The summed E-state index contributed by atoms with van der Waals surface area (Å²) in [6.45, 7) is 2.49. The Hall–Kier alpha value is -3.10. The molecule has 4 aromatic rings. The summed E-state index contributed by atoms with van der Waals surface area (Å²) >= 11 is 7.29. The van der Waals surface area contributed by atoms with Crippen molar-refractivity contribution >= 4 is 34.8 Å². The number of halogens is 1. The van der Waals surface area contributed by atoms with Crippen LogP contribution in [0.15, 0.2) is 70.9 Å². The van der Waals surface area contributed by atoms with E-state index in [0.29, 0.717) is 28.0 Å². The van der Waals surface area contributed by atoms with Gasteiger partial charge in [-0.3, -0.25) is 18.6 Å². The predicted octanol–water partition coefficient (Wildman–Crippen LogP) is 3.91. The summed E-state index contributed by atoms with van der Waals surface area (Å²) in [5.41, 5.74) is 1.02. The van der Waals surface area contributed by atoms with Gasteiger partial charge in [-0.15, -0.1) is 10.2 Å². The molecule has 0 aliphatic carbocycles. The summed E-state index contributed by atoms with van der Waals surface area (Å²) in [5, 5.41) is 8.96. The van der Waals surface area contributed by atoms with E-state index in [4.69, 9.17) is 16.3 Å². The van der Waals surface area contributed by atoms with Gasteiger partial charge in [-0.1, -0.05) is 35.5 Å². The Labute approximate surface area is 181 Å². The zero-order chi connectivity index (χ0) is 21.1. The Morgan fingerprint density at radius 3 is 2.60 bits per heavy atom. The third kappa shape index (κ3) is 3.96. The quantitative estimate of drug-likeness (QED) is 0.320. The first-order valence-corrected chi connectivity index (χ1v) is 10.5. The molecular formula is C21H17ClN4O3S. The smallest absolute Gasteiger partial charge is 0.300 e. The number of aromatic nitrogens is 4. The van der Waals surface area contributed by atoms with E-state index in [-0.39, 0.29) is 22.7 Å². The van der Waals surface area contributed by atoms with Crippen molar-refractivity contribution in [3.63, 3.8) is 0 Å². The summed E-state index contributed by atoms with van der Waals surface area (Å²) in [4.78, 5) is 25.3. The molecule has 0 saturated carbocycles. The molecule has 0 aliphatic heterocycles. The van der Waals surface area contributed by atoms with Gasteiger partial charge in [0.2, 0.25) is 5.65 Å². The van der Waals surface area contributed by atoms with Gasteiger partial charge >= 0.3 is 5.56 Å². The zero-order valence-corrected chi connectivity index (χ0v) is 17.6. The molecule has 0 N–H and O–H groups in total. The van der Waals surface area contributed by atoms with Crippen molar-refractivity contribution in [2.75, 3.05) is 12.4 Å². The van der Waals surface area contributed by atoms with Gasteiger partial charge in [-0.2, -0.15) is 0 Å². The maximum atomic E-state index is 12.9. The molecule has 2 heterocycles. The Morgan fingerprint density at radius 1 is 1.10 bits per heavy atom. The first-order chi connectivity index (χ1) is 14.6. The van der Waals surface area contributed by atoms with Crippen molar-refractivity contribution in [3.05, 3.63) is 81.9 Å². The highest BCUT2D eigenvalue weighted by Gasteiger charge is 2.15. The Morgan fingerprint density at radius 2 is 1.87 bits per heavy atom. The van der Waals surface area contributed by atoms with Crippen molar-refractivity contribution in [2.24, 2.45) is 0 Å². The van der Waals surface area contributed by atoms with Gasteiger partial charge in [-0.25, -0.2) is 0 Å². The maximum Gasteiger partial charge on any atom is 0.300 e. The van der Waals surface area contributed by atoms with Crippen LogP contribution in [0.25, 0.3) is 11.3 Å². The summed E-state index contributed by atoms with van der Waals surface area (Å²) in [5.74, 6) is 0.747. The minimum atomic E-state index is -0.307. The van der Waals surface area contributed by atoms with Crippen LogP contribution >= 0.6 is 23.4 Å². The number of thioether (sulfide) groups is 1. The number of hydrogen-bond donors (Lipinski definition) is 0. The van der Waals surface area contributed by atoms with E-state index in [1.165, 1.54) is 16.3 Å². The molecule has 2 aromatic carbocycles. The van der Waals surface area contributed by atoms with Crippen LogP contribution in [0.2, 0.25) is 5.02 Å². The van der Waals surface area contributed by atoms with E-state index < -0.39 is 0 Å². The molecule has 152 valence electrons. The summed E-state index contributed by atoms with van der Waals surface area (Å²) in [7, 11) is 0. The second-order valence-electron chi connectivity index (χ2n) is 6.27. The van der Waals surface area contributed by atoms with Crippen LogP contribution in [0.5, 0.6) is 5.75 Å². The molecule has 0 radical (unpaired) electrons. The maximum absolute atomic E-state index is 12.9. The number of ether oxygens (including phenoxy) is 1. The monoisotopic (exact) mass is 440 g/mol. The number of Topliss-reactive ketones (excluding diaryl/α,β-unsaturated/α-hetero) is 1. The van der Waals surface area contributed by atoms with E-state index in [2.05, 4.69) is 10.2 Å². The fourth-order valence-corrected chi connectivity index (χ4v) is 3.97. The predicted molar refractivity (Wildman–Crippen MR) is 116 cm³/mol. The molecule has 0 aliphatic rings. The fraction of sp³-hybridized carbons (Fsp3) is 0.143. The summed E-state index contributed by atoms with van der Waals surface area (Å²) in [6.07, 6.45) is 3.35. The van der Waals surface area contributed by atoms with Crippen molar-refractivity contribution < 1.29 is 9.53 Å². The molecule has 4 rings (SSSR count). The van der Waals surface area contributed by atoms with Gasteiger partial charge in [0.15, 0.2) is 10.9 Å².